The summed E-state index contributed by atoms with van der Waals surface area (Å²) in [6.07, 6.45) is 0.664. The number of halogens is 2. The van der Waals surface area contributed by atoms with E-state index in [-0.39, 0.29) is 23.0 Å². The fraction of sp³-hybridized carbons (Fsp3) is 0.429. The highest BCUT2D eigenvalue weighted by molar-refractivity contribution is 5.59. The monoisotopic (exact) mass is 343 g/mol. The topological polar surface area (TPSA) is 21.3 Å². The molecule has 4 rings (SSSR count). The Hall–Kier alpha value is -1.94. The maximum atomic E-state index is 14.4. The highest BCUT2D eigenvalue weighted by atomic mass is 19.1. The molecule has 3 atom stereocenters. The predicted molar refractivity (Wildman–Crippen MR) is 94.7 cm³/mol. The molecule has 0 bridgehead atoms. The molecule has 25 heavy (non-hydrogen) atoms. The molecule has 0 aliphatic carbocycles. The van der Waals surface area contributed by atoms with Gasteiger partial charge in [0.2, 0.25) is 0 Å². The Balaban J connectivity index is 1.81. The summed E-state index contributed by atoms with van der Waals surface area (Å²) in [6.45, 7) is 7.14. The van der Waals surface area contributed by atoms with E-state index in [0.717, 1.165) is 17.7 Å². The quantitative estimate of drug-likeness (QED) is 0.737. The minimum absolute atomic E-state index is 0.0223. The lowest BCUT2D eigenvalue weighted by molar-refractivity contribution is 0.0821. The smallest absolute Gasteiger partial charge is 0.131 e. The molecule has 2 aliphatic heterocycles. The van der Waals surface area contributed by atoms with Gasteiger partial charge in [0.1, 0.15) is 11.6 Å². The van der Waals surface area contributed by atoms with E-state index in [9.17, 15) is 8.78 Å². The van der Waals surface area contributed by atoms with Crippen LogP contribution in [-0.2, 0) is 10.2 Å². The minimum atomic E-state index is -0.502. The van der Waals surface area contributed by atoms with Gasteiger partial charge in [-0.05, 0) is 35.6 Å². The standard InChI is InChI=1S/C21H23F2NO/c1-21(2,3)12-7-8-17-14(11-12)20-13(9-10-25-20)19(24-17)18-15(22)5-4-6-16(18)23/h4-8,11,13,19-20,24H,9-10H2,1-3H3. The van der Waals surface area contributed by atoms with Crippen molar-refractivity contribution in [1.82, 2.24) is 0 Å². The second-order valence-corrected chi connectivity index (χ2v) is 8.05. The molecule has 2 aromatic rings. The summed E-state index contributed by atoms with van der Waals surface area (Å²) >= 11 is 0. The average Bonchev–Trinajstić information content (AvgIpc) is 3.03. The molecule has 0 aromatic heterocycles. The molecule has 0 radical (unpaired) electrons. The highest BCUT2D eigenvalue weighted by Gasteiger charge is 2.43. The number of rotatable bonds is 1. The van der Waals surface area contributed by atoms with Crippen molar-refractivity contribution in [3.05, 3.63) is 64.7 Å². The van der Waals surface area contributed by atoms with Crippen molar-refractivity contribution in [2.75, 3.05) is 11.9 Å². The average molecular weight is 343 g/mol. The number of nitrogens with one attached hydrogen (secondary N) is 1. The molecule has 1 fully saturated rings. The third-order valence-electron chi connectivity index (χ3n) is 5.41. The van der Waals surface area contributed by atoms with Gasteiger partial charge >= 0.3 is 0 Å². The second kappa shape index (κ2) is 5.80. The van der Waals surface area contributed by atoms with Crippen LogP contribution in [0, 0.1) is 17.6 Å². The number of benzene rings is 2. The fourth-order valence-electron chi connectivity index (χ4n) is 4.03. The summed E-state index contributed by atoms with van der Waals surface area (Å²) in [6, 6.07) is 9.91. The Labute approximate surface area is 147 Å². The Kier molecular flexibility index (Phi) is 3.84. The molecular weight excluding hydrogens is 320 g/mol. The largest absolute Gasteiger partial charge is 0.377 e. The van der Waals surface area contributed by atoms with E-state index in [0.29, 0.717) is 6.61 Å². The van der Waals surface area contributed by atoms with Crippen molar-refractivity contribution in [1.29, 1.82) is 0 Å². The van der Waals surface area contributed by atoms with Crippen LogP contribution in [0.2, 0.25) is 0 Å². The van der Waals surface area contributed by atoms with Gasteiger partial charge in [-0.1, -0.05) is 39.0 Å². The number of fused-ring (bicyclic) bond motifs is 3. The van der Waals surface area contributed by atoms with Crippen LogP contribution in [0.25, 0.3) is 0 Å². The van der Waals surface area contributed by atoms with E-state index < -0.39 is 17.7 Å². The van der Waals surface area contributed by atoms with Gasteiger partial charge in [-0.2, -0.15) is 0 Å². The third-order valence-corrected chi connectivity index (χ3v) is 5.41. The Bertz CT molecular complexity index is 792. The maximum absolute atomic E-state index is 14.4. The normalized spacial score (nSPS) is 25.2. The fourth-order valence-corrected chi connectivity index (χ4v) is 4.03. The van der Waals surface area contributed by atoms with Crippen molar-refractivity contribution in [3.63, 3.8) is 0 Å². The first kappa shape index (κ1) is 16.5. The van der Waals surface area contributed by atoms with Crippen molar-refractivity contribution < 1.29 is 13.5 Å². The van der Waals surface area contributed by atoms with Crippen LogP contribution >= 0.6 is 0 Å². The molecule has 3 unspecified atom stereocenters. The molecule has 2 nitrogen and oxygen atoms in total. The molecule has 2 heterocycles. The van der Waals surface area contributed by atoms with Gasteiger partial charge in [0.15, 0.2) is 0 Å². The van der Waals surface area contributed by atoms with Gasteiger partial charge in [-0.15, -0.1) is 0 Å². The van der Waals surface area contributed by atoms with Crippen LogP contribution in [0.5, 0.6) is 0 Å². The minimum Gasteiger partial charge on any atom is -0.377 e. The van der Waals surface area contributed by atoms with Crippen LogP contribution in [0.1, 0.15) is 56.0 Å². The van der Waals surface area contributed by atoms with Crippen LogP contribution in [0.15, 0.2) is 36.4 Å². The molecule has 1 N–H and O–H groups in total. The van der Waals surface area contributed by atoms with Crippen molar-refractivity contribution >= 4 is 5.69 Å². The van der Waals surface area contributed by atoms with E-state index in [2.05, 4.69) is 38.2 Å². The van der Waals surface area contributed by atoms with Gasteiger partial charge in [-0.25, -0.2) is 8.78 Å². The number of anilines is 1. The van der Waals surface area contributed by atoms with Gasteiger partial charge in [-0.3, -0.25) is 0 Å². The number of hydrogen-bond donors (Lipinski definition) is 1. The van der Waals surface area contributed by atoms with Crippen molar-refractivity contribution in [2.45, 2.75) is 44.8 Å². The summed E-state index contributed by atoms with van der Waals surface area (Å²) in [5, 5.41) is 3.39. The predicted octanol–water partition coefficient (Wildman–Crippen LogP) is 5.51. The van der Waals surface area contributed by atoms with Crippen LogP contribution < -0.4 is 5.32 Å². The van der Waals surface area contributed by atoms with Crippen LogP contribution in [0.3, 0.4) is 0 Å². The number of ether oxygens (including phenoxy) is 1. The SMILES string of the molecule is CC(C)(C)c1ccc2c(c1)C1OCCC1C(c1c(F)cccc1F)N2. The summed E-state index contributed by atoms with van der Waals surface area (Å²) in [5.41, 5.74) is 3.40. The van der Waals surface area contributed by atoms with Gasteiger partial charge in [0.25, 0.3) is 0 Å². The van der Waals surface area contributed by atoms with E-state index in [1.54, 1.807) is 0 Å². The lowest BCUT2D eigenvalue weighted by Gasteiger charge is -2.37. The first-order chi connectivity index (χ1) is 11.9. The maximum Gasteiger partial charge on any atom is 0.131 e. The molecular formula is C21H23F2NO. The molecule has 132 valence electrons. The first-order valence-corrected chi connectivity index (χ1v) is 8.83. The van der Waals surface area contributed by atoms with E-state index in [1.165, 1.54) is 23.8 Å². The van der Waals surface area contributed by atoms with Crippen LogP contribution in [-0.4, -0.2) is 6.61 Å². The molecule has 2 aliphatic rings. The summed E-state index contributed by atoms with van der Waals surface area (Å²) in [7, 11) is 0. The van der Waals surface area contributed by atoms with E-state index in [1.807, 2.05) is 6.07 Å². The molecule has 1 saturated heterocycles. The van der Waals surface area contributed by atoms with Crippen molar-refractivity contribution in [2.24, 2.45) is 5.92 Å². The van der Waals surface area contributed by atoms with Crippen molar-refractivity contribution in [3.8, 4) is 0 Å². The summed E-state index contributed by atoms with van der Waals surface area (Å²) in [4.78, 5) is 0. The summed E-state index contributed by atoms with van der Waals surface area (Å²) in [5.74, 6) is -0.982. The zero-order chi connectivity index (χ0) is 17.8. The lowest BCUT2D eigenvalue weighted by atomic mass is 9.78. The second-order valence-electron chi connectivity index (χ2n) is 8.05. The lowest BCUT2D eigenvalue weighted by Crippen LogP contribution is -2.31. The number of hydrogen-bond acceptors (Lipinski definition) is 2. The van der Waals surface area contributed by atoms with Crippen LogP contribution in [0.4, 0.5) is 14.5 Å². The first-order valence-electron chi connectivity index (χ1n) is 8.83. The van der Waals surface area contributed by atoms with E-state index in [4.69, 9.17) is 4.74 Å². The van der Waals surface area contributed by atoms with E-state index >= 15 is 0 Å². The Morgan fingerprint density at radius 2 is 1.80 bits per heavy atom. The van der Waals surface area contributed by atoms with Gasteiger partial charge in [0.05, 0.1) is 12.1 Å². The zero-order valence-corrected chi connectivity index (χ0v) is 14.8. The third kappa shape index (κ3) is 2.73. The molecule has 4 heteroatoms. The Morgan fingerprint density at radius 1 is 1.08 bits per heavy atom. The molecule has 2 aromatic carbocycles. The molecule has 0 amide bonds. The van der Waals surface area contributed by atoms with Gasteiger partial charge < -0.3 is 10.1 Å². The Morgan fingerprint density at radius 3 is 2.48 bits per heavy atom. The zero-order valence-electron chi connectivity index (χ0n) is 14.8. The molecule has 0 saturated carbocycles. The summed E-state index contributed by atoms with van der Waals surface area (Å²) < 4.78 is 34.7. The molecule has 0 spiro atoms. The highest BCUT2D eigenvalue weighted by Crippen LogP contribution is 2.51. The van der Waals surface area contributed by atoms with Gasteiger partial charge in [0, 0.05) is 29.3 Å².